The fourth-order valence-corrected chi connectivity index (χ4v) is 0.940. The van der Waals surface area contributed by atoms with Gasteiger partial charge < -0.3 is 5.32 Å². The van der Waals surface area contributed by atoms with Crippen molar-refractivity contribution in [3.05, 3.63) is 12.2 Å². The molecule has 0 saturated carbocycles. The van der Waals surface area contributed by atoms with E-state index in [0.29, 0.717) is 5.57 Å². The van der Waals surface area contributed by atoms with Gasteiger partial charge in [0, 0.05) is 12.1 Å². The third kappa shape index (κ3) is 6.30. The minimum atomic E-state index is -2.86. The number of carbonyl (C=O) groups excluding carboxylic acids is 1. The Balaban J connectivity index is 3.76. The average molecular weight is 207 g/mol. The molecule has 76 valence electrons. The zero-order valence-electron chi connectivity index (χ0n) is 7.57. The van der Waals surface area contributed by atoms with Gasteiger partial charge in [-0.1, -0.05) is 6.58 Å². The number of thiol groups is 1. The maximum atomic E-state index is 10.9. The summed E-state index contributed by atoms with van der Waals surface area (Å²) in [6.45, 7) is 6.68. The van der Waals surface area contributed by atoms with E-state index >= 15 is 0 Å². The summed E-state index contributed by atoms with van der Waals surface area (Å²) in [6.07, 6.45) is -0.551. The molecular weight excluding hydrogens is 194 g/mol. The molecule has 0 aromatic carbocycles. The van der Waals surface area contributed by atoms with Crippen LogP contribution >= 0.6 is 0 Å². The Kier molecular flexibility index (Phi) is 5.33. The molecule has 0 aliphatic carbocycles. The first-order valence-corrected chi connectivity index (χ1v) is 4.78. The van der Waals surface area contributed by atoms with E-state index in [0.717, 1.165) is 0 Å². The SMILES string of the molecule is C=C(C)C(=O)NCC(C)O[SH](=O)=O. The Morgan fingerprint density at radius 2 is 2.15 bits per heavy atom. The number of amides is 1. The monoisotopic (exact) mass is 207 g/mol. The number of nitrogens with one attached hydrogen (secondary N) is 1. The molecule has 1 unspecified atom stereocenters. The van der Waals surface area contributed by atoms with E-state index < -0.39 is 17.1 Å². The molecule has 0 aliphatic heterocycles. The van der Waals surface area contributed by atoms with Crippen molar-refractivity contribution in [2.75, 3.05) is 6.54 Å². The number of rotatable bonds is 5. The Morgan fingerprint density at radius 3 is 2.54 bits per heavy atom. The number of hydrogen-bond acceptors (Lipinski definition) is 4. The molecule has 0 spiro atoms. The van der Waals surface area contributed by atoms with E-state index in [-0.39, 0.29) is 12.5 Å². The second-order valence-electron chi connectivity index (χ2n) is 2.63. The lowest BCUT2D eigenvalue weighted by molar-refractivity contribution is -0.117. The highest BCUT2D eigenvalue weighted by atomic mass is 32.2. The van der Waals surface area contributed by atoms with Gasteiger partial charge in [-0.05, 0) is 13.8 Å². The van der Waals surface area contributed by atoms with Gasteiger partial charge in [0.05, 0.1) is 6.10 Å². The molecule has 1 amide bonds. The number of hydrogen-bond donors (Lipinski definition) is 2. The van der Waals surface area contributed by atoms with Gasteiger partial charge in [-0.2, -0.15) is 0 Å². The van der Waals surface area contributed by atoms with Gasteiger partial charge in [0.1, 0.15) is 0 Å². The molecule has 0 aromatic rings. The normalized spacial score (nSPS) is 12.5. The Hall–Kier alpha value is -0.880. The first kappa shape index (κ1) is 12.1. The van der Waals surface area contributed by atoms with Crippen molar-refractivity contribution in [3.63, 3.8) is 0 Å². The third-order valence-electron chi connectivity index (χ3n) is 1.20. The van der Waals surface area contributed by atoms with Crippen molar-refractivity contribution >= 4 is 16.9 Å². The molecule has 0 aliphatic rings. The van der Waals surface area contributed by atoms with Crippen LogP contribution in [-0.2, 0) is 20.0 Å². The van der Waals surface area contributed by atoms with Crippen LogP contribution in [0.1, 0.15) is 13.8 Å². The summed E-state index contributed by atoms with van der Waals surface area (Å²) in [4.78, 5) is 10.9. The molecule has 13 heavy (non-hydrogen) atoms. The first-order valence-electron chi connectivity index (χ1n) is 3.68. The lowest BCUT2D eigenvalue weighted by Gasteiger charge is -2.09. The van der Waals surface area contributed by atoms with Gasteiger partial charge in [-0.15, -0.1) is 0 Å². The zero-order chi connectivity index (χ0) is 10.4. The van der Waals surface area contributed by atoms with Crippen LogP contribution in [0, 0.1) is 0 Å². The summed E-state index contributed by atoms with van der Waals surface area (Å²) in [6, 6.07) is 0. The van der Waals surface area contributed by atoms with E-state index in [2.05, 4.69) is 16.1 Å². The second kappa shape index (κ2) is 5.71. The summed E-state index contributed by atoms with van der Waals surface area (Å²) < 4.78 is 24.5. The minimum Gasteiger partial charge on any atom is -0.350 e. The van der Waals surface area contributed by atoms with Gasteiger partial charge >= 0.3 is 0 Å². The maximum absolute atomic E-state index is 10.9. The van der Waals surface area contributed by atoms with Crippen molar-refractivity contribution < 1.29 is 17.4 Å². The first-order chi connectivity index (χ1) is 5.93. The van der Waals surface area contributed by atoms with Crippen LogP contribution in [0.25, 0.3) is 0 Å². The maximum Gasteiger partial charge on any atom is 0.257 e. The van der Waals surface area contributed by atoms with Crippen molar-refractivity contribution in [1.82, 2.24) is 5.32 Å². The Labute approximate surface area is 78.9 Å². The number of carbonyl (C=O) groups is 1. The van der Waals surface area contributed by atoms with Crippen molar-refractivity contribution in [2.24, 2.45) is 0 Å². The average Bonchev–Trinajstić information content (AvgIpc) is 1.98. The highest BCUT2D eigenvalue weighted by Gasteiger charge is 2.06. The van der Waals surface area contributed by atoms with E-state index in [9.17, 15) is 13.2 Å². The van der Waals surface area contributed by atoms with Crippen LogP contribution in [0.2, 0.25) is 0 Å². The lowest BCUT2D eigenvalue weighted by atomic mass is 10.3. The summed E-state index contributed by atoms with van der Waals surface area (Å²) in [7, 11) is -2.86. The van der Waals surface area contributed by atoms with Crippen LogP contribution < -0.4 is 5.32 Å². The molecule has 0 saturated heterocycles. The standard InChI is InChI=1S/C7H13NO4S/c1-5(2)7(9)8-4-6(3)12-13(10)11/h6,13H,1,4H2,2-3H3,(H,8,9). The molecule has 5 nitrogen and oxygen atoms in total. The summed E-state index contributed by atoms with van der Waals surface area (Å²) in [5.41, 5.74) is 0.374. The minimum absolute atomic E-state index is 0.148. The summed E-state index contributed by atoms with van der Waals surface area (Å²) in [5.74, 6) is -0.309. The second-order valence-corrected chi connectivity index (χ2v) is 3.29. The fourth-order valence-electron chi connectivity index (χ4n) is 0.572. The lowest BCUT2D eigenvalue weighted by Crippen LogP contribution is -2.32. The van der Waals surface area contributed by atoms with Gasteiger partial charge in [0.2, 0.25) is 5.91 Å². The molecule has 6 heteroatoms. The topological polar surface area (TPSA) is 72.5 Å². The van der Waals surface area contributed by atoms with Crippen molar-refractivity contribution in [2.45, 2.75) is 20.0 Å². The Bertz CT molecular complexity index is 264. The molecule has 0 bridgehead atoms. The predicted octanol–water partition coefficient (Wildman–Crippen LogP) is -0.390. The molecule has 1 N–H and O–H groups in total. The van der Waals surface area contributed by atoms with Crippen molar-refractivity contribution in [3.8, 4) is 0 Å². The van der Waals surface area contributed by atoms with E-state index in [1.165, 1.54) is 0 Å². The smallest absolute Gasteiger partial charge is 0.257 e. The zero-order valence-corrected chi connectivity index (χ0v) is 8.47. The molecule has 0 heterocycles. The third-order valence-corrected chi connectivity index (χ3v) is 1.74. The molecule has 0 radical (unpaired) electrons. The van der Waals surface area contributed by atoms with Gasteiger partial charge in [0.15, 0.2) is 0 Å². The summed E-state index contributed by atoms with van der Waals surface area (Å²) in [5, 5.41) is 2.46. The van der Waals surface area contributed by atoms with Crippen molar-refractivity contribution in [1.29, 1.82) is 0 Å². The fraction of sp³-hybridized carbons (Fsp3) is 0.571. The predicted molar refractivity (Wildman–Crippen MR) is 48.7 cm³/mol. The van der Waals surface area contributed by atoms with Crippen LogP contribution in [0.3, 0.4) is 0 Å². The molecule has 0 aromatic heterocycles. The van der Waals surface area contributed by atoms with E-state index in [1.807, 2.05) is 0 Å². The molecule has 0 rings (SSSR count). The van der Waals surface area contributed by atoms with Gasteiger partial charge in [-0.3, -0.25) is 8.98 Å². The van der Waals surface area contributed by atoms with Crippen LogP contribution in [0.4, 0.5) is 0 Å². The van der Waals surface area contributed by atoms with Crippen LogP contribution in [0.5, 0.6) is 0 Å². The molecule has 0 fully saturated rings. The highest BCUT2D eigenvalue weighted by molar-refractivity contribution is 7.67. The van der Waals surface area contributed by atoms with Crippen LogP contribution in [-0.4, -0.2) is 27.0 Å². The summed E-state index contributed by atoms with van der Waals surface area (Å²) >= 11 is 0. The molecular formula is C7H13NO4S. The van der Waals surface area contributed by atoms with Gasteiger partial charge in [-0.25, -0.2) is 8.42 Å². The van der Waals surface area contributed by atoms with E-state index in [4.69, 9.17) is 0 Å². The highest BCUT2D eigenvalue weighted by Crippen LogP contribution is 1.90. The Morgan fingerprint density at radius 1 is 1.62 bits per heavy atom. The van der Waals surface area contributed by atoms with Crippen LogP contribution in [0.15, 0.2) is 12.2 Å². The molecule has 1 atom stereocenters. The van der Waals surface area contributed by atoms with Gasteiger partial charge in [0.25, 0.3) is 11.0 Å². The largest absolute Gasteiger partial charge is 0.350 e. The van der Waals surface area contributed by atoms with E-state index in [1.54, 1.807) is 13.8 Å². The quantitative estimate of drug-likeness (QED) is 0.476.